The first-order valence-corrected chi connectivity index (χ1v) is 11.4. The second-order valence-electron chi connectivity index (χ2n) is 7.56. The number of methoxy groups -OCH3 is 1. The number of ketones is 2. The fourth-order valence-corrected chi connectivity index (χ4v) is 4.83. The van der Waals surface area contributed by atoms with Crippen molar-refractivity contribution >= 4 is 27.3 Å². The van der Waals surface area contributed by atoms with Crippen LogP contribution in [0.25, 0.3) is 0 Å². The number of hydrogen-bond donors (Lipinski definition) is 0. The molecule has 8 heteroatoms. The van der Waals surface area contributed by atoms with Crippen LogP contribution in [-0.4, -0.2) is 38.2 Å². The van der Waals surface area contributed by atoms with Crippen LogP contribution >= 0.6 is 0 Å². The lowest BCUT2D eigenvalue weighted by atomic mass is 10.1. The van der Waals surface area contributed by atoms with E-state index < -0.39 is 10.0 Å². The van der Waals surface area contributed by atoms with E-state index >= 15 is 0 Å². The van der Waals surface area contributed by atoms with Crippen molar-refractivity contribution in [2.24, 2.45) is 7.05 Å². The molecule has 3 rings (SSSR count). The normalized spacial score (nSPS) is 11.3. The van der Waals surface area contributed by atoms with Gasteiger partial charge in [0.1, 0.15) is 5.75 Å². The average Bonchev–Trinajstić information content (AvgIpc) is 3.04. The number of aromatic nitrogens is 1. The SMILES string of the molecule is COc1ccc(N(CC(=O)c2cc(C)n(C)c2C)S(=O)(=O)c2ccc(C(C)=O)cc2)cc1. The molecule has 0 N–H and O–H groups in total. The van der Waals surface area contributed by atoms with Crippen molar-refractivity contribution < 1.29 is 22.7 Å². The highest BCUT2D eigenvalue weighted by atomic mass is 32.2. The van der Waals surface area contributed by atoms with Crippen LogP contribution in [-0.2, 0) is 17.1 Å². The lowest BCUT2D eigenvalue weighted by Gasteiger charge is -2.24. The number of aryl methyl sites for hydroxylation is 1. The standard InChI is InChI=1S/C24H26N2O5S/c1-16-14-23(17(2)25(16)4)24(28)15-26(20-8-10-21(31-5)11-9-20)32(29,30)22-12-6-19(7-13-22)18(3)27/h6-14H,15H2,1-5H3. The number of nitrogens with zero attached hydrogens (tertiary/aromatic N) is 2. The largest absolute Gasteiger partial charge is 0.497 e. The van der Waals surface area contributed by atoms with Crippen molar-refractivity contribution in [3.8, 4) is 5.75 Å². The van der Waals surface area contributed by atoms with Crippen molar-refractivity contribution in [2.75, 3.05) is 18.0 Å². The zero-order valence-corrected chi connectivity index (χ0v) is 19.6. The summed E-state index contributed by atoms with van der Waals surface area (Å²) >= 11 is 0. The maximum absolute atomic E-state index is 13.5. The highest BCUT2D eigenvalue weighted by molar-refractivity contribution is 7.92. The van der Waals surface area contributed by atoms with E-state index in [1.165, 1.54) is 38.3 Å². The summed E-state index contributed by atoms with van der Waals surface area (Å²) in [6.07, 6.45) is 0. The number of hydrogen-bond acceptors (Lipinski definition) is 5. The Kier molecular flexibility index (Phi) is 6.55. The molecule has 0 fully saturated rings. The molecule has 0 bridgehead atoms. The third-order valence-electron chi connectivity index (χ3n) is 5.57. The quantitative estimate of drug-likeness (QED) is 0.482. The van der Waals surface area contributed by atoms with E-state index in [-0.39, 0.29) is 23.0 Å². The zero-order valence-electron chi connectivity index (χ0n) is 18.7. The summed E-state index contributed by atoms with van der Waals surface area (Å²) in [5, 5.41) is 0. The molecule has 0 radical (unpaired) electrons. The van der Waals surface area contributed by atoms with Gasteiger partial charge in [-0.25, -0.2) is 8.42 Å². The monoisotopic (exact) mass is 454 g/mol. The first-order valence-electron chi connectivity index (χ1n) is 10.00. The van der Waals surface area contributed by atoms with Gasteiger partial charge in [-0.2, -0.15) is 0 Å². The average molecular weight is 455 g/mol. The van der Waals surface area contributed by atoms with Gasteiger partial charge >= 0.3 is 0 Å². The van der Waals surface area contributed by atoms with Gasteiger partial charge in [-0.05, 0) is 63.2 Å². The fraction of sp³-hybridized carbons (Fsp3) is 0.250. The Morgan fingerprint density at radius 1 is 1.00 bits per heavy atom. The van der Waals surface area contributed by atoms with Crippen LogP contribution in [0.3, 0.4) is 0 Å². The van der Waals surface area contributed by atoms with Gasteiger partial charge in [-0.1, -0.05) is 12.1 Å². The summed E-state index contributed by atoms with van der Waals surface area (Å²) in [6, 6.07) is 13.9. The summed E-state index contributed by atoms with van der Waals surface area (Å²) in [7, 11) is -0.707. The molecular formula is C24H26N2O5S. The molecule has 0 unspecified atom stereocenters. The summed E-state index contributed by atoms with van der Waals surface area (Å²) < 4.78 is 35.2. The predicted molar refractivity (Wildman–Crippen MR) is 123 cm³/mol. The minimum absolute atomic E-state index is 0.00733. The Bertz CT molecular complexity index is 1260. The number of ether oxygens (including phenoxy) is 1. The molecule has 0 amide bonds. The lowest BCUT2D eigenvalue weighted by Crippen LogP contribution is -2.36. The molecule has 1 aromatic heterocycles. The summed E-state index contributed by atoms with van der Waals surface area (Å²) in [6.45, 7) is 4.76. The number of anilines is 1. The first kappa shape index (κ1) is 23.3. The van der Waals surface area contributed by atoms with Crippen molar-refractivity contribution in [3.05, 3.63) is 77.1 Å². The van der Waals surface area contributed by atoms with E-state index in [2.05, 4.69) is 0 Å². The molecule has 0 atom stereocenters. The van der Waals surface area contributed by atoms with Crippen LogP contribution in [0.4, 0.5) is 5.69 Å². The fourth-order valence-electron chi connectivity index (χ4n) is 3.41. The van der Waals surface area contributed by atoms with E-state index in [9.17, 15) is 18.0 Å². The van der Waals surface area contributed by atoms with Crippen LogP contribution < -0.4 is 9.04 Å². The van der Waals surface area contributed by atoms with Crippen LogP contribution in [0.2, 0.25) is 0 Å². The topological polar surface area (TPSA) is 85.7 Å². The number of sulfonamides is 1. The molecule has 0 saturated heterocycles. The van der Waals surface area contributed by atoms with Gasteiger partial charge in [-0.15, -0.1) is 0 Å². The van der Waals surface area contributed by atoms with Gasteiger partial charge < -0.3 is 9.30 Å². The zero-order chi connectivity index (χ0) is 23.6. The molecule has 168 valence electrons. The van der Waals surface area contributed by atoms with Gasteiger partial charge in [0.25, 0.3) is 10.0 Å². The second kappa shape index (κ2) is 9.00. The van der Waals surface area contributed by atoms with E-state index in [0.717, 1.165) is 15.7 Å². The Morgan fingerprint density at radius 2 is 1.59 bits per heavy atom. The number of benzene rings is 2. The molecule has 1 heterocycles. The molecule has 2 aromatic carbocycles. The molecule has 32 heavy (non-hydrogen) atoms. The second-order valence-corrected chi connectivity index (χ2v) is 9.42. The van der Waals surface area contributed by atoms with Gasteiger partial charge in [0.2, 0.25) is 0 Å². The molecule has 7 nitrogen and oxygen atoms in total. The van der Waals surface area contributed by atoms with Crippen LogP contribution in [0.1, 0.15) is 39.0 Å². The summed E-state index contributed by atoms with van der Waals surface area (Å²) in [4.78, 5) is 24.7. The molecule has 0 aliphatic heterocycles. The van der Waals surface area contributed by atoms with Gasteiger partial charge in [0.05, 0.1) is 24.2 Å². The van der Waals surface area contributed by atoms with E-state index in [1.54, 1.807) is 30.3 Å². The first-order chi connectivity index (χ1) is 15.1. The van der Waals surface area contributed by atoms with Crippen molar-refractivity contribution in [3.63, 3.8) is 0 Å². The molecular weight excluding hydrogens is 428 g/mol. The van der Waals surface area contributed by atoms with Crippen molar-refractivity contribution in [2.45, 2.75) is 25.7 Å². The van der Waals surface area contributed by atoms with E-state index in [4.69, 9.17) is 4.74 Å². The lowest BCUT2D eigenvalue weighted by molar-refractivity contribution is 0.0997. The number of rotatable bonds is 8. The van der Waals surface area contributed by atoms with Crippen LogP contribution in [0.15, 0.2) is 59.5 Å². The number of Topliss-reactive ketones (excluding diaryl/α,β-unsaturated/α-hetero) is 2. The molecule has 0 spiro atoms. The molecule has 0 aliphatic rings. The molecule has 0 aliphatic carbocycles. The van der Waals surface area contributed by atoms with Crippen LogP contribution in [0.5, 0.6) is 5.75 Å². The van der Waals surface area contributed by atoms with Gasteiger partial charge in [0, 0.05) is 29.6 Å². The van der Waals surface area contributed by atoms with Crippen molar-refractivity contribution in [1.82, 2.24) is 4.57 Å². The maximum Gasteiger partial charge on any atom is 0.264 e. The number of carbonyl (C=O) groups excluding carboxylic acids is 2. The Hall–Kier alpha value is -3.39. The third-order valence-corrected chi connectivity index (χ3v) is 7.36. The highest BCUT2D eigenvalue weighted by Gasteiger charge is 2.29. The Labute approximate surface area is 188 Å². The highest BCUT2D eigenvalue weighted by Crippen LogP contribution is 2.27. The minimum atomic E-state index is -4.08. The predicted octanol–water partition coefficient (Wildman–Crippen LogP) is 3.93. The van der Waals surface area contributed by atoms with Crippen LogP contribution in [0, 0.1) is 13.8 Å². The minimum Gasteiger partial charge on any atom is -0.497 e. The summed E-state index contributed by atoms with van der Waals surface area (Å²) in [5.41, 5.74) is 2.90. The van der Waals surface area contributed by atoms with E-state index in [1.807, 2.05) is 25.5 Å². The maximum atomic E-state index is 13.5. The molecule has 0 saturated carbocycles. The Balaban J connectivity index is 2.05. The Morgan fingerprint density at radius 3 is 2.06 bits per heavy atom. The van der Waals surface area contributed by atoms with Gasteiger partial charge in [0.15, 0.2) is 11.6 Å². The molecule has 3 aromatic rings. The van der Waals surface area contributed by atoms with Gasteiger partial charge in [-0.3, -0.25) is 13.9 Å². The summed E-state index contributed by atoms with van der Waals surface area (Å²) in [5.74, 6) is 0.0924. The van der Waals surface area contributed by atoms with E-state index in [0.29, 0.717) is 22.6 Å². The smallest absolute Gasteiger partial charge is 0.264 e. The van der Waals surface area contributed by atoms with Crippen molar-refractivity contribution in [1.29, 1.82) is 0 Å². The number of carbonyl (C=O) groups is 2. The third kappa shape index (κ3) is 4.45.